The summed E-state index contributed by atoms with van der Waals surface area (Å²) in [4.78, 5) is 0. The van der Waals surface area contributed by atoms with Crippen LogP contribution < -0.4 is 14.8 Å². The first-order valence-corrected chi connectivity index (χ1v) is 7.65. The molecule has 2 N–H and O–H groups in total. The number of alkyl halides is 3. The Labute approximate surface area is 133 Å². The van der Waals surface area contributed by atoms with Crippen molar-refractivity contribution in [3.63, 3.8) is 0 Å². The van der Waals surface area contributed by atoms with Crippen LogP contribution in [0.25, 0.3) is 0 Å². The zero-order chi connectivity index (χ0) is 16.9. The predicted octanol–water partition coefficient (Wildman–Crippen LogP) is 3.03. The third-order valence-electron chi connectivity index (χ3n) is 3.91. The Bertz CT molecular complexity index is 500. The topological polar surface area (TPSA) is 50.7 Å². The minimum absolute atomic E-state index is 0.0781. The van der Waals surface area contributed by atoms with Crippen molar-refractivity contribution >= 4 is 0 Å². The number of methoxy groups -OCH3 is 1. The number of benzene rings is 1. The highest BCUT2D eigenvalue weighted by Gasteiger charge is 2.29. The number of nitrogens with one attached hydrogen (secondary N) is 1. The lowest BCUT2D eigenvalue weighted by Gasteiger charge is -2.26. The molecule has 4 nitrogen and oxygen atoms in total. The van der Waals surface area contributed by atoms with Crippen molar-refractivity contribution in [3.8, 4) is 11.5 Å². The molecular weight excluding hydrogens is 311 g/mol. The Kier molecular flexibility index (Phi) is 6.12. The molecular formula is C16H22F3NO3. The molecule has 1 aromatic carbocycles. The Morgan fingerprint density at radius 2 is 1.87 bits per heavy atom. The van der Waals surface area contributed by atoms with Crippen LogP contribution >= 0.6 is 0 Å². The summed E-state index contributed by atoms with van der Waals surface area (Å²) >= 11 is 0. The summed E-state index contributed by atoms with van der Waals surface area (Å²) in [5.41, 5.74) is 0.910. The van der Waals surface area contributed by atoms with E-state index in [0.717, 1.165) is 31.2 Å². The van der Waals surface area contributed by atoms with Gasteiger partial charge in [0, 0.05) is 12.6 Å². The summed E-state index contributed by atoms with van der Waals surface area (Å²) in [6.45, 7) is -0.748. The maximum Gasteiger partial charge on any atom is 0.422 e. The number of halogens is 3. The van der Waals surface area contributed by atoms with E-state index < -0.39 is 12.8 Å². The molecule has 0 aromatic heterocycles. The number of ether oxygens (including phenoxy) is 2. The molecule has 2 rings (SSSR count). The predicted molar refractivity (Wildman–Crippen MR) is 79.6 cm³/mol. The van der Waals surface area contributed by atoms with Gasteiger partial charge in [-0.2, -0.15) is 13.2 Å². The standard InChI is InChI=1S/C16H22F3NO3/c1-22-15-8-11(2-7-14(15)23-10-16(17,18)19)9-20-12-3-5-13(21)6-4-12/h2,7-8,12-13,20-21H,3-6,9-10H2,1H3. The van der Waals surface area contributed by atoms with Crippen molar-refractivity contribution in [3.05, 3.63) is 23.8 Å². The van der Waals surface area contributed by atoms with Crippen LogP contribution in [-0.2, 0) is 6.54 Å². The van der Waals surface area contributed by atoms with Crippen LogP contribution in [0.1, 0.15) is 31.2 Å². The normalized spacial score (nSPS) is 22.0. The van der Waals surface area contributed by atoms with Crippen LogP contribution in [0.2, 0.25) is 0 Å². The van der Waals surface area contributed by atoms with Gasteiger partial charge >= 0.3 is 6.18 Å². The lowest BCUT2D eigenvalue weighted by atomic mass is 9.93. The van der Waals surface area contributed by atoms with Crippen molar-refractivity contribution in [2.75, 3.05) is 13.7 Å². The Morgan fingerprint density at radius 3 is 2.48 bits per heavy atom. The molecule has 0 heterocycles. The Morgan fingerprint density at radius 1 is 1.17 bits per heavy atom. The van der Waals surface area contributed by atoms with Gasteiger partial charge in [-0.1, -0.05) is 6.07 Å². The summed E-state index contributed by atoms with van der Waals surface area (Å²) in [5, 5.41) is 12.9. The maximum atomic E-state index is 12.2. The van der Waals surface area contributed by atoms with E-state index in [2.05, 4.69) is 5.32 Å². The molecule has 130 valence electrons. The highest BCUT2D eigenvalue weighted by Crippen LogP contribution is 2.30. The van der Waals surface area contributed by atoms with Gasteiger partial charge in [-0.3, -0.25) is 0 Å². The van der Waals surface area contributed by atoms with Gasteiger partial charge in [0.2, 0.25) is 0 Å². The SMILES string of the molecule is COc1cc(CNC2CCC(O)CC2)ccc1OCC(F)(F)F. The van der Waals surface area contributed by atoms with E-state index in [4.69, 9.17) is 9.47 Å². The summed E-state index contributed by atoms with van der Waals surface area (Å²) in [7, 11) is 1.40. The molecule has 1 aliphatic rings. The molecule has 1 saturated carbocycles. The van der Waals surface area contributed by atoms with Gasteiger partial charge in [-0.15, -0.1) is 0 Å². The van der Waals surface area contributed by atoms with E-state index in [1.807, 2.05) is 0 Å². The van der Waals surface area contributed by atoms with E-state index in [0.29, 0.717) is 12.6 Å². The van der Waals surface area contributed by atoms with E-state index in [1.54, 1.807) is 12.1 Å². The molecule has 0 amide bonds. The largest absolute Gasteiger partial charge is 0.493 e. The summed E-state index contributed by atoms with van der Waals surface area (Å²) in [6, 6.07) is 5.24. The fraction of sp³-hybridized carbons (Fsp3) is 0.625. The molecule has 1 fully saturated rings. The van der Waals surface area contributed by atoms with Gasteiger partial charge in [0.25, 0.3) is 0 Å². The smallest absolute Gasteiger partial charge is 0.422 e. The monoisotopic (exact) mass is 333 g/mol. The fourth-order valence-corrected chi connectivity index (χ4v) is 2.64. The van der Waals surface area contributed by atoms with E-state index in [9.17, 15) is 18.3 Å². The molecule has 0 radical (unpaired) electrons. The van der Waals surface area contributed by atoms with Gasteiger partial charge in [-0.05, 0) is 43.4 Å². The third kappa shape index (κ3) is 5.91. The van der Waals surface area contributed by atoms with Crippen LogP contribution in [0.5, 0.6) is 11.5 Å². The lowest BCUT2D eigenvalue weighted by Crippen LogP contribution is -2.34. The second-order valence-electron chi connectivity index (χ2n) is 5.78. The zero-order valence-electron chi connectivity index (χ0n) is 13.0. The van der Waals surface area contributed by atoms with Crippen LogP contribution in [0.15, 0.2) is 18.2 Å². The zero-order valence-corrected chi connectivity index (χ0v) is 13.0. The summed E-state index contributed by atoms with van der Waals surface area (Å²) in [6.07, 6.45) is -1.14. The van der Waals surface area contributed by atoms with Gasteiger partial charge in [-0.25, -0.2) is 0 Å². The van der Waals surface area contributed by atoms with Crippen molar-refractivity contribution in [2.45, 2.75) is 50.6 Å². The third-order valence-corrected chi connectivity index (χ3v) is 3.91. The molecule has 1 aromatic rings. The molecule has 0 bridgehead atoms. The Balaban J connectivity index is 1.90. The lowest BCUT2D eigenvalue weighted by molar-refractivity contribution is -0.153. The number of aliphatic hydroxyl groups is 1. The average molecular weight is 333 g/mol. The number of aliphatic hydroxyl groups excluding tert-OH is 1. The summed E-state index contributed by atoms with van der Waals surface area (Å²) in [5.74, 6) is 0.363. The molecule has 1 aliphatic carbocycles. The molecule has 0 spiro atoms. The van der Waals surface area contributed by atoms with Crippen LogP contribution in [0, 0.1) is 0 Å². The quantitative estimate of drug-likeness (QED) is 0.840. The van der Waals surface area contributed by atoms with Crippen LogP contribution in [0.3, 0.4) is 0 Å². The first kappa shape index (κ1) is 17.9. The fourth-order valence-electron chi connectivity index (χ4n) is 2.64. The average Bonchev–Trinajstić information content (AvgIpc) is 2.52. The Hall–Kier alpha value is -1.47. The number of hydrogen-bond donors (Lipinski definition) is 2. The van der Waals surface area contributed by atoms with Crippen molar-refractivity contribution in [2.24, 2.45) is 0 Å². The summed E-state index contributed by atoms with van der Waals surface area (Å²) < 4.78 is 46.5. The first-order chi connectivity index (χ1) is 10.9. The number of hydrogen-bond acceptors (Lipinski definition) is 4. The van der Waals surface area contributed by atoms with Crippen molar-refractivity contribution in [1.29, 1.82) is 0 Å². The van der Waals surface area contributed by atoms with E-state index in [-0.39, 0.29) is 17.6 Å². The van der Waals surface area contributed by atoms with Gasteiger partial charge in [0.15, 0.2) is 18.1 Å². The highest BCUT2D eigenvalue weighted by atomic mass is 19.4. The minimum Gasteiger partial charge on any atom is -0.493 e. The van der Waals surface area contributed by atoms with Gasteiger partial charge < -0.3 is 19.9 Å². The molecule has 0 aliphatic heterocycles. The molecule has 7 heteroatoms. The minimum atomic E-state index is -4.38. The van der Waals surface area contributed by atoms with Crippen LogP contribution in [-0.4, -0.2) is 37.1 Å². The maximum absolute atomic E-state index is 12.2. The highest BCUT2D eigenvalue weighted by molar-refractivity contribution is 5.43. The number of rotatable bonds is 6. The molecule has 0 saturated heterocycles. The van der Waals surface area contributed by atoms with Gasteiger partial charge in [0.05, 0.1) is 13.2 Å². The van der Waals surface area contributed by atoms with Crippen molar-refractivity contribution in [1.82, 2.24) is 5.32 Å². The van der Waals surface area contributed by atoms with Crippen molar-refractivity contribution < 1.29 is 27.8 Å². The first-order valence-electron chi connectivity index (χ1n) is 7.65. The van der Waals surface area contributed by atoms with E-state index in [1.165, 1.54) is 13.2 Å². The molecule has 0 unspecified atom stereocenters. The van der Waals surface area contributed by atoms with Crippen LogP contribution in [0.4, 0.5) is 13.2 Å². The molecule has 0 atom stereocenters. The second-order valence-corrected chi connectivity index (χ2v) is 5.78. The molecule has 23 heavy (non-hydrogen) atoms. The van der Waals surface area contributed by atoms with Gasteiger partial charge in [0.1, 0.15) is 0 Å². The van der Waals surface area contributed by atoms with E-state index >= 15 is 0 Å². The second kappa shape index (κ2) is 7.88.